The summed E-state index contributed by atoms with van der Waals surface area (Å²) in [6.07, 6.45) is -2.57. The van der Waals surface area contributed by atoms with Crippen molar-refractivity contribution in [3.8, 4) is 0 Å². The van der Waals surface area contributed by atoms with Gasteiger partial charge in [0.1, 0.15) is 30.4 Å². The Bertz CT molecular complexity index is 702. The maximum absolute atomic E-state index is 12.5. The number of fused-ring (bicyclic) bond motifs is 1. The molecule has 3 atom stereocenters. The number of anilines is 2. The zero-order valence-electron chi connectivity index (χ0n) is 10.0. The Morgan fingerprint density at radius 1 is 1.35 bits per heavy atom. The molecule has 106 valence electrons. The lowest BCUT2D eigenvalue weighted by Gasteiger charge is -2.15. The summed E-state index contributed by atoms with van der Waals surface area (Å²) in [4.78, 5) is 11.7. The van der Waals surface area contributed by atoms with Crippen LogP contribution in [0.4, 0.5) is 16.2 Å². The molecule has 0 saturated carbocycles. The predicted molar refractivity (Wildman–Crippen MR) is 65.5 cm³/mol. The number of nitrogens with two attached hydrogens (primary N) is 2. The SMILES string of the molecule is Nc1nc(N)c2ncn([C@@H]3OC(=CF)[C@@H](O)[C@H]3O)c2n1. The standard InChI is InChI=1S/C10H11FN6O3/c11-1-3-5(18)6(19)9(20-3)17-2-14-4-7(12)15-10(13)16-8(4)17/h1-2,5-6,9,18-19H,(H4,12,13,15,16)/t5-,6-,9-/m1/s1. The number of imidazole rings is 1. The van der Waals surface area contributed by atoms with Gasteiger partial charge in [0, 0.05) is 0 Å². The second-order valence-corrected chi connectivity index (χ2v) is 4.25. The summed E-state index contributed by atoms with van der Waals surface area (Å²) >= 11 is 0. The van der Waals surface area contributed by atoms with Gasteiger partial charge in [0.05, 0.1) is 0 Å². The fourth-order valence-electron chi connectivity index (χ4n) is 2.06. The summed E-state index contributed by atoms with van der Waals surface area (Å²) in [6, 6.07) is 0. The van der Waals surface area contributed by atoms with Gasteiger partial charge in [0.2, 0.25) is 12.2 Å². The molecule has 0 bridgehead atoms. The molecule has 0 unspecified atom stereocenters. The Hall–Kier alpha value is -2.46. The van der Waals surface area contributed by atoms with Crippen LogP contribution in [0, 0.1) is 0 Å². The molecule has 3 heterocycles. The number of aliphatic hydroxyl groups excluding tert-OH is 2. The van der Waals surface area contributed by atoms with Crippen molar-refractivity contribution in [2.24, 2.45) is 0 Å². The first-order valence-corrected chi connectivity index (χ1v) is 5.61. The van der Waals surface area contributed by atoms with Crippen LogP contribution in [0.3, 0.4) is 0 Å². The minimum Gasteiger partial charge on any atom is -0.466 e. The van der Waals surface area contributed by atoms with E-state index in [0.717, 1.165) is 0 Å². The van der Waals surface area contributed by atoms with Gasteiger partial charge in [-0.3, -0.25) is 4.57 Å². The van der Waals surface area contributed by atoms with E-state index in [1.54, 1.807) is 0 Å². The Morgan fingerprint density at radius 3 is 2.75 bits per heavy atom. The third kappa shape index (κ3) is 1.66. The van der Waals surface area contributed by atoms with Gasteiger partial charge in [0.15, 0.2) is 17.2 Å². The predicted octanol–water partition coefficient (Wildman–Crippen LogP) is -0.948. The molecule has 1 aliphatic rings. The third-order valence-electron chi connectivity index (χ3n) is 3.01. The van der Waals surface area contributed by atoms with Crippen molar-refractivity contribution < 1.29 is 19.3 Å². The highest BCUT2D eigenvalue weighted by molar-refractivity contribution is 5.82. The van der Waals surface area contributed by atoms with Gasteiger partial charge in [-0.15, -0.1) is 0 Å². The molecule has 0 aromatic carbocycles. The van der Waals surface area contributed by atoms with Crippen molar-refractivity contribution in [2.75, 3.05) is 11.5 Å². The fourth-order valence-corrected chi connectivity index (χ4v) is 2.06. The number of hydrogen-bond donors (Lipinski definition) is 4. The van der Waals surface area contributed by atoms with Crippen molar-refractivity contribution >= 4 is 22.9 Å². The summed E-state index contributed by atoms with van der Waals surface area (Å²) in [5.41, 5.74) is 11.6. The highest BCUT2D eigenvalue weighted by Gasteiger charge is 2.42. The van der Waals surface area contributed by atoms with E-state index in [0.29, 0.717) is 0 Å². The topological polar surface area (TPSA) is 145 Å². The smallest absolute Gasteiger partial charge is 0.224 e. The van der Waals surface area contributed by atoms with Crippen LogP contribution in [0.15, 0.2) is 18.4 Å². The molecule has 1 fully saturated rings. The molecule has 6 N–H and O–H groups in total. The first kappa shape index (κ1) is 12.6. The van der Waals surface area contributed by atoms with E-state index < -0.39 is 18.4 Å². The van der Waals surface area contributed by atoms with Crippen LogP contribution in [0.5, 0.6) is 0 Å². The van der Waals surface area contributed by atoms with Crippen molar-refractivity contribution in [3.05, 3.63) is 18.4 Å². The molecule has 0 amide bonds. The number of aromatic nitrogens is 4. The van der Waals surface area contributed by atoms with E-state index in [1.807, 2.05) is 0 Å². The van der Waals surface area contributed by atoms with Crippen molar-refractivity contribution in [1.82, 2.24) is 19.5 Å². The first-order chi connectivity index (χ1) is 9.52. The van der Waals surface area contributed by atoms with Crippen molar-refractivity contribution in [1.29, 1.82) is 0 Å². The molecule has 0 aliphatic carbocycles. The quantitative estimate of drug-likeness (QED) is 0.524. The van der Waals surface area contributed by atoms with E-state index in [-0.39, 0.29) is 35.0 Å². The van der Waals surface area contributed by atoms with Gasteiger partial charge in [-0.2, -0.15) is 9.97 Å². The molecular weight excluding hydrogens is 271 g/mol. The maximum atomic E-state index is 12.5. The number of hydrogen-bond acceptors (Lipinski definition) is 8. The lowest BCUT2D eigenvalue weighted by molar-refractivity contribution is -0.0120. The van der Waals surface area contributed by atoms with Crippen LogP contribution >= 0.6 is 0 Å². The zero-order chi connectivity index (χ0) is 14.4. The van der Waals surface area contributed by atoms with E-state index in [4.69, 9.17) is 16.2 Å². The van der Waals surface area contributed by atoms with Gasteiger partial charge < -0.3 is 26.4 Å². The number of nitrogen functional groups attached to an aromatic ring is 2. The summed E-state index contributed by atoms with van der Waals surface area (Å²) in [5, 5.41) is 19.5. The Kier molecular flexibility index (Phi) is 2.69. The largest absolute Gasteiger partial charge is 0.466 e. The summed E-state index contributed by atoms with van der Waals surface area (Å²) in [5.74, 6) is -0.383. The molecule has 1 saturated heterocycles. The van der Waals surface area contributed by atoms with Gasteiger partial charge in [0.25, 0.3) is 0 Å². The zero-order valence-corrected chi connectivity index (χ0v) is 10.0. The third-order valence-corrected chi connectivity index (χ3v) is 3.01. The van der Waals surface area contributed by atoms with Gasteiger partial charge in [-0.05, 0) is 0 Å². The molecule has 10 heteroatoms. The van der Waals surface area contributed by atoms with Gasteiger partial charge in [-0.1, -0.05) is 0 Å². The lowest BCUT2D eigenvalue weighted by atomic mass is 10.2. The van der Waals surface area contributed by atoms with Gasteiger partial charge >= 0.3 is 0 Å². The molecule has 3 rings (SSSR count). The fraction of sp³-hybridized carbons (Fsp3) is 0.300. The van der Waals surface area contributed by atoms with E-state index in [1.165, 1.54) is 10.9 Å². The monoisotopic (exact) mass is 282 g/mol. The highest BCUT2D eigenvalue weighted by atomic mass is 19.1. The minimum atomic E-state index is -1.47. The van der Waals surface area contributed by atoms with E-state index in [2.05, 4.69) is 15.0 Å². The van der Waals surface area contributed by atoms with E-state index in [9.17, 15) is 14.6 Å². The van der Waals surface area contributed by atoms with Crippen molar-refractivity contribution in [2.45, 2.75) is 18.4 Å². The molecule has 0 radical (unpaired) electrons. The molecule has 20 heavy (non-hydrogen) atoms. The van der Waals surface area contributed by atoms with Crippen LogP contribution in [-0.2, 0) is 4.74 Å². The second-order valence-electron chi connectivity index (χ2n) is 4.25. The van der Waals surface area contributed by atoms with Crippen LogP contribution in [0.25, 0.3) is 11.2 Å². The van der Waals surface area contributed by atoms with Crippen LogP contribution in [0.1, 0.15) is 6.23 Å². The number of rotatable bonds is 1. The Labute approximate surface area is 111 Å². The molecule has 0 spiro atoms. The first-order valence-electron chi connectivity index (χ1n) is 5.61. The Morgan fingerprint density at radius 2 is 2.10 bits per heavy atom. The van der Waals surface area contributed by atoms with Crippen LogP contribution < -0.4 is 11.5 Å². The number of halogens is 1. The molecule has 2 aromatic heterocycles. The maximum Gasteiger partial charge on any atom is 0.224 e. The molecule has 2 aromatic rings. The number of ether oxygens (including phenoxy) is 1. The average Bonchev–Trinajstić information content (AvgIpc) is 2.93. The average molecular weight is 282 g/mol. The lowest BCUT2D eigenvalue weighted by Crippen LogP contribution is -2.27. The molecule has 1 aliphatic heterocycles. The molecular formula is C10H11FN6O3. The second kappa shape index (κ2) is 4.28. The summed E-state index contributed by atoms with van der Waals surface area (Å²) < 4.78 is 19.0. The summed E-state index contributed by atoms with van der Waals surface area (Å²) in [6.45, 7) is 0. The van der Waals surface area contributed by atoms with E-state index >= 15 is 0 Å². The minimum absolute atomic E-state index is 0.0699. The van der Waals surface area contributed by atoms with Gasteiger partial charge in [-0.25, -0.2) is 9.37 Å². The molecule has 9 nitrogen and oxygen atoms in total. The number of aliphatic hydroxyl groups is 2. The van der Waals surface area contributed by atoms with Crippen LogP contribution in [0.2, 0.25) is 0 Å². The normalized spacial score (nSPS) is 28.1. The number of nitrogens with zero attached hydrogens (tertiary/aromatic N) is 4. The van der Waals surface area contributed by atoms with Crippen molar-refractivity contribution in [3.63, 3.8) is 0 Å². The summed E-state index contributed by atoms with van der Waals surface area (Å²) in [7, 11) is 0. The Balaban J connectivity index is 2.12. The highest BCUT2D eigenvalue weighted by Crippen LogP contribution is 2.34. The van der Waals surface area contributed by atoms with Crippen LogP contribution in [-0.4, -0.2) is 41.9 Å².